The molecule has 0 aliphatic rings. The fourth-order valence-electron chi connectivity index (χ4n) is 1.22. The Kier molecular flexibility index (Phi) is 5.18. The van der Waals surface area contributed by atoms with Crippen molar-refractivity contribution in [3.8, 4) is 0 Å². The molecule has 100 valence electrons. The van der Waals surface area contributed by atoms with E-state index in [0.717, 1.165) is 23.9 Å². The van der Waals surface area contributed by atoms with Crippen LogP contribution in [-0.2, 0) is 6.18 Å². The zero-order chi connectivity index (χ0) is 13.8. The van der Waals surface area contributed by atoms with Crippen molar-refractivity contribution in [2.45, 2.75) is 17.2 Å². The van der Waals surface area contributed by atoms with Gasteiger partial charge in [0.2, 0.25) is 0 Å². The van der Waals surface area contributed by atoms with Crippen molar-refractivity contribution in [2.24, 2.45) is 0 Å². The van der Waals surface area contributed by atoms with Crippen molar-refractivity contribution >= 4 is 18.0 Å². The number of thioether (sulfide) groups is 1. The first-order valence-electron chi connectivity index (χ1n) is 4.96. The van der Waals surface area contributed by atoms with E-state index in [-0.39, 0.29) is 16.9 Å². The van der Waals surface area contributed by atoms with E-state index in [4.69, 9.17) is 10.2 Å². The number of rotatable bonds is 5. The number of aldehydes is 1. The second-order valence-corrected chi connectivity index (χ2v) is 4.61. The number of hydrogen-bond acceptors (Lipinski definition) is 4. The first-order chi connectivity index (χ1) is 8.38. The Morgan fingerprint density at radius 2 is 2.06 bits per heavy atom. The second-order valence-electron chi connectivity index (χ2n) is 3.51. The first kappa shape index (κ1) is 15.0. The molecule has 3 nitrogen and oxygen atoms in total. The number of aliphatic hydroxyl groups excluding tert-OH is 2. The number of carbonyl (C=O) groups is 1. The second kappa shape index (κ2) is 6.21. The number of aliphatic hydroxyl groups is 2. The summed E-state index contributed by atoms with van der Waals surface area (Å²) in [6, 6.07) is 3.32. The van der Waals surface area contributed by atoms with Gasteiger partial charge in [-0.3, -0.25) is 4.79 Å². The molecule has 2 N–H and O–H groups in total. The fourth-order valence-corrected chi connectivity index (χ4v) is 2.07. The maximum absolute atomic E-state index is 12.6. The van der Waals surface area contributed by atoms with E-state index < -0.39 is 30.0 Å². The number of hydrogen-bond donors (Lipinski definition) is 2. The normalized spacial score (nSPS) is 13.4. The highest BCUT2D eigenvalue weighted by atomic mass is 32.2. The molecule has 0 fully saturated rings. The lowest BCUT2D eigenvalue weighted by Gasteiger charge is -2.12. The van der Waals surface area contributed by atoms with Gasteiger partial charge in [-0.2, -0.15) is 13.2 Å². The highest BCUT2D eigenvalue weighted by molar-refractivity contribution is 7.99. The van der Waals surface area contributed by atoms with Gasteiger partial charge in [0.05, 0.1) is 18.3 Å². The SMILES string of the molecule is O=Cc1ccc(SCC(O)CO)cc1C(F)(F)F. The molecule has 7 heteroatoms. The van der Waals surface area contributed by atoms with Crippen molar-refractivity contribution < 1.29 is 28.2 Å². The van der Waals surface area contributed by atoms with Crippen molar-refractivity contribution in [1.29, 1.82) is 0 Å². The quantitative estimate of drug-likeness (QED) is 0.639. The number of alkyl halides is 3. The van der Waals surface area contributed by atoms with Gasteiger partial charge in [-0.1, -0.05) is 0 Å². The highest BCUT2D eigenvalue weighted by Gasteiger charge is 2.33. The van der Waals surface area contributed by atoms with Gasteiger partial charge in [0.1, 0.15) is 0 Å². The van der Waals surface area contributed by atoms with Crippen LogP contribution >= 0.6 is 11.8 Å². The summed E-state index contributed by atoms with van der Waals surface area (Å²) in [5, 5.41) is 17.7. The monoisotopic (exact) mass is 280 g/mol. The van der Waals surface area contributed by atoms with Crippen LogP contribution in [0.3, 0.4) is 0 Å². The third kappa shape index (κ3) is 4.01. The number of carbonyl (C=O) groups excluding carboxylic acids is 1. The molecule has 0 radical (unpaired) electrons. The van der Waals surface area contributed by atoms with E-state index in [1.807, 2.05) is 0 Å². The average Bonchev–Trinajstić information content (AvgIpc) is 2.34. The van der Waals surface area contributed by atoms with Crippen LogP contribution in [0.5, 0.6) is 0 Å². The van der Waals surface area contributed by atoms with Gasteiger partial charge in [-0.25, -0.2) is 0 Å². The molecule has 0 saturated heterocycles. The van der Waals surface area contributed by atoms with Gasteiger partial charge in [0, 0.05) is 16.2 Å². The van der Waals surface area contributed by atoms with Crippen LogP contribution in [0.25, 0.3) is 0 Å². The summed E-state index contributed by atoms with van der Waals surface area (Å²) in [5.74, 6) is 0.0776. The Morgan fingerprint density at radius 1 is 1.39 bits per heavy atom. The molecule has 1 unspecified atom stereocenters. The minimum Gasteiger partial charge on any atom is -0.394 e. The van der Waals surface area contributed by atoms with Gasteiger partial charge in [-0.05, 0) is 18.2 Å². The van der Waals surface area contributed by atoms with E-state index in [2.05, 4.69) is 0 Å². The van der Waals surface area contributed by atoms with Crippen LogP contribution in [0.1, 0.15) is 15.9 Å². The van der Waals surface area contributed by atoms with Crippen LogP contribution < -0.4 is 0 Å². The van der Waals surface area contributed by atoms with Crippen molar-refractivity contribution in [3.63, 3.8) is 0 Å². The summed E-state index contributed by atoms with van der Waals surface area (Å²) >= 11 is 0.977. The zero-order valence-corrected chi connectivity index (χ0v) is 9.96. The molecular weight excluding hydrogens is 269 g/mol. The Morgan fingerprint density at radius 3 is 2.56 bits per heavy atom. The smallest absolute Gasteiger partial charge is 0.394 e. The third-order valence-corrected chi connectivity index (χ3v) is 3.25. The molecule has 1 rings (SSSR count). The van der Waals surface area contributed by atoms with E-state index in [1.165, 1.54) is 6.07 Å². The lowest BCUT2D eigenvalue weighted by molar-refractivity contribution is -0.138. The molecule has 18 heavy (non-hydrogen) atoms. The summed E-state index contributed by atoms with van der Waals surface area (Å²) in [6.45, 7) is -0.453. The average molecular weight is 280 g/mol. The Balaban J connectivity index is 2.93. The summed E-state index contributed by atoms with van der Waals surface area (Å²) in [7, 11) is 0. The predicted octanol–water partition coefficient (Wildman–Crippen LogP) is 1.96. The molecular formula is C11H11F3O3S. The van der Waals surface area contributed by atoms with Crippen LogP contribution in [0.4, 0.5) is 13.2 Å². The summed E-state index contributed by atoms with van der Waals surface area (Å²) in [6.07, 6.45) is -5.43. The predicted molar refractivity (Wildman–Crippen MR) is 60.6 cm³/mol. The maximum atomic E-state index is 12.6. The van der Waals surface area contributed by atoms with E-state index >= 15 is 0 Å². The lowest BCUT2D eigenvalue weighted by Crippen LogP contribution is -2.14. The largest absolute Gasteiger partial charge is 0.417 e. The molecule has 0 heterocycles. The Labute approximate surface area is 106 Å². The van der Waals surface area contributed by atoms with Gasteiger partial charge < -0.3 is 10.2 Å². The Hall–Kier alpha value is -1.05. The molecule has 0 spiro atoms. The Bertz CT molecular complexity index is 420. The topological polar surface area (TPSA) is 57.5 Å². The minimum absolute atomic E-state index is 0.0776. The van der Waals surface area contributed by atoms with Crippen molar-refractivity contribution in [1.82, 2.24) is 0 Å². The van der Waals surface area contributed by atoms with Gasteiger partial charge in [0.15, 0.2) is 6.29 Å². The molecule has 0 aromatic heterocycles. The molecule has 0 aliphatic carbocycles. The lowest BCUT2D eigenvalue weighted by atomic mass is 10.1. The standard InChI is InChI=1S/C11H11F3O3S/c12-11(13,14)10-3-9(2-1-7(10)4-15)18-6-8(17)5-16/h1-4,8,16-17H,5-6H2. The number of benzene rings is 1. The molecule has 1 aromatic carbocycles. The van der Waals surface area contributed by atoms with E-state index in [1.54, 1.807) is 0 Å². The van der Waals surface area contributed by atoms with E-state index in [9.17, 15) is 18.0 Å². The van der Waals surface area contributed by atoms with Crippen molar-refractivity contribution in [3.05, 3.63) is 29.3 Å². The third-order valence-electron chi connectivity index (χ3n) is 2.11. The minimum atomic E-state index is -4.59. The van der Waals surface area contributed by atoms with Crippen LogP contribution in [0, 0.1) is 0 Å². The number of halogens is 3. The first-order valence-corrected chi connectivity index (χ1v) is 5.95. The van der Waals surface area contributed by atoms with Crippen molar-refractivity contribution in [2.75, 3.05) is 12.4 Å². The van der Waals surface area contributed by atoms with Gasteiger partial charge in [0.25, 0.3) is 0 Å². The van der Waals surface area contributed by atoms with Crippen LogP contribution in [0.2, 0.25) is 0 Å². The molecule has 0 amide bonds. The summed E-state index contributed by atoms with van der Waals surface area (Å²) in [4.78, 5) is 10.8. The molecule has 1 atom stereocenters. The molecule has 0 saturated carbocycles. The van der Waals surface area contributed by atoms with Gasteiger partial charge in [-0.15, -0.1) is 11.8 Å². The molecule has 0 bridgehead atoms. The molecule has 0 aliphatic heterocycles. The highest BCUT2D eigenvalue weighted by Crippen LogP contribution is 2.34. The van der Waals surface area contributed by atoms with Gasteiger partial charge >= 0.3 is 6.18 Å². The molecule has 1 aromatic rings. The zero-order valence-electron chi connectivity index (χ0n) is 9.15. The summed E-state index contributed by atoms with van der Waals surface area (Å²) < 4.78 is 37.9. The van der Waals surface area contributed by atoms with Crippen LogP contribution in [0.15, 0.2) is 23.1 Å². The van der Waals surface area contributed by atoms with E-state index in [0.29, 0.717) is 0 Å². The fraction of sp³-hybridized carbons (Fsp3) is 0.364. The van der Waals surface area contributed by atoms with Crippen LogP contribution in [-0.4, -0.2) is 35.0 Å². The summed E-state index contributed by atoms with van der Waals surface area (Å²) in [5.41, 5.74) is -1.42. The maximum Gasteiger partial charge on any atom is 0.417 e.